The van der Waals surface area contributed by atoms with Crippen molar-refractivity contribution < 1.29 is 19.1 Å². The number of ether oxygens (including phenoxy) is 2. The van der Waals surface area contributed by atoms with E-state index in [-0.39, 0.29) is 18.2 Å². The summed E-state index contributed by atoms with van der Waals surface area (Å²) >= 11 is 0. The van der Waals surface area contributed by atoms with Crippen molar-refractivity contribution in [2.24, 2.45) is 4.99 Å². The molecule has 1 aromatic carbocycles. The van der Waals surface area contributed by atoms with E-state index in [0.29, 0.717) is 50.0 Å². The summed E-state index contributed by atoms with van der Waals surface area (Å²) in [5, 5.41) is 2.80. The summed E-state index contributed by atoms with van der Waals surface area (Å²) < 4.78 is 10.5. The third kappa shape index (κ3) is 4.79. The van der Waals surface area contributed by atoms with Gasteiger partial charge in [-0.05, 0) is 19.1 Å². The SMILES string of the molecule is CCOCCN1C(=O)CCN=C1CC(=O)Nc1ccccc1OC. The molecule has 0 saturated heterocycles. The van der Waals surface area contributed by atoms with Gasteiger partial charge in [0.25, 0.3) is 0 Å². The highest BCUT2D eigenvalue weighted by Crippen LogP contribution is 2.23. The molecule has 2 amide bonds. The Labute approximate surface area is 141 Å². The van der Waals surface area contributed by atoms with Crippen LogP contribution in [0.3, 0.4) is 0 Å². The first kappa shape index (κ1) is 17.9. The van der Waals surface area contributed by atoms with Gasteiger partial charge < -0.3 is 14.8 Å². The number of nitrogens with one attached hydrogen (secondary N) is 1. The van der Waals surface area contributed by atoms with Crippen molar-refractivity contribution >= 4 is 23.3 Å². The van der Waals surface area contributed by atoms with Gasteiger partial charge in [0.2, 0.25) is 11.8 Å². The molecule has 0 spiro atoms. The summed E-state index contributed by atoms with van der Waals surface area (Å²) in [5.41, 5.74) is 0.591. The van der Waals surface area contributed by atoms with Gasteiger partial charge in [-0.15, -0.1) is 0 Å². The largest absolute Gasteiger partial charge is 0.495 e. The fourth-order valence-corrected chi connectivity index (χ4v) is 2.44. The van der Waals surface area contributed by atoms with Crippen molar-refractivity contribution in [3.8, 4) is 5.75 Å². The van der Waals surface area contributed by atoms with E-state index < -0.39 is 0 Å². The number of methoxy groups -OCH3 is 1. The lowest BCUT2D eigenvalue weighted by Gasteiger charge is -2.27. The Bertz CT molecular complexity index is 616. The number of carbonyl (C=O) groups excluding carboxylic acids is 2. The van der Waals surface area contributed by atoms with Gasteiger partial charge in [0.1, 0.15) is 11.6 Å². The van der Waals surface area contributed by atoms with E-state index in [4.69, 9.17) is 9.47 Å². The van der Waals surface area contributed by atoms with Gasteiger partial charge >= 0.3 is 0 Å². The van der Waals surface area contributed by atoms with Crippen LogP contribution in [0.15, 0.2) is 29.3 Å². The summed E-state index contributed by atoms with van der Waals surface area (Å²) in [6.07, 6.45) is 0.402. The Hall–Kier alpha value is -2.41. The maximum Gasteiger partial charge on any atom is 0.232 e. The standard InChI is InChI=1S/C17H23N3O4/c1-3-24-11-10-20-15(18-9-8-17(20)22)12-16(21)19-13-6-4-5-7-14(13)23-2/h4-7H,3,8-12H2,1-2H3,(H,19,21). The number of benzene rings is 1. The second kappa shape index (κ2) is 9.02. The molecule has 24 heavy (non-hydrogen) atoms. The average molecular weight is 333 g/mol. The maximum atomic E-state index is 12.3. The van der Waals surface area contributed by atoms with E-state index in [0.717, 1.165) is 0 Å². The average Bonchev–Trinajstić information content (AvgIpc) is 2.58. The molecule has 0 fully saturated rings. The second-order valence-corrected chi connectivity index (χ2v) is 5.22. The van der Waals surface area contributed by atoms with E-state index in [1.165, 1.54) is 0 Å². The lowest BCUT2D eigenvalue weighted by atomic mass is 10.2. The number of carbonyl (C=O) groups is 2. The number of amides is 2. The normalized spacial score (nSPS) is 14.3. The number of anilines is 1. The molecule has 7 nitrogen and oxygen atoms in total. The summed E-state index contributed by atoms with van der Waals surface area (Å²) in [6.45, 7) is 3.74. The van der Waals surface area contributed by atoms with Gasteiger partial charge in [-0.3, -0.25) is 19.5 Å². The molecular formula is C17H23N3O4. The van der Waals surface area contributed by atoms with E-state index in [1.807, 2.05) is 19.1 Å². The van der Waals surface area contributed by atoms with Gasteiger partial charge in [-0.25, -0.2) is 0 Å². The zero-order chi connectivity index (χ0) is 17.4. The van der Waals surface area contributed by atoms with Gasteiger partial charge in [0.15, 0.2) is 0 Å². The van der Waals surface area contributed by atoms with Gasteiger partial charge in [0, 0.05) is 19.6 Å². The molecule has 0 bridgehead atoms. The number of aliphatic imine (C=N–C) groups is 1. The van der Waals surface area contributed by atoms with Crippen LogP contribution in [-0.2, 0) is 14.3 Å². The van der Waals surface area contributed by atoms with E-state index in [1.54, 1.807) is 24.1 Å². The molecule has 0 aromatic heterocycles. The van der Waals surface area contributed by atoms with Crippen LogP contribution >= 0.6 is 0 Å². The van der Waals surface area contributed by atoms with Crippen LogP contribution in [0.4, 0.5) is 5.69 Å². The first-order valence-electron chi connectivity index (χ1n) is 8.00. The Morgan fingerprint density at radius 2 is 2.17 bits per heavy atom. The minimum Gasteiger partial charge on any atom is -0.495 e. The number of hydrogen-bond acceptors (Lipinski definition) is 5. The maximum absolute atomic E-state index is 12.3. The van der Waals surface area contributed by atoms with Crippen molar-refractivity contribution in [2.45, 2.75) is 19.8 Å². The molecule has 1 heterocycles. The molecule has 1 aliphatic rings. The Kier molecular flexibility index (Phi) is 6.74. The molecule has 0 atom stereocenters. The predicted octanol–water partition coefficient (Wildman–Crippen LogP) is 1.69. The molecule has 0 radical (unpaired) electrons. The molecule has 0 aliphatic carbocycles. The molecule has 1 N–H and O–H groups in total. The van der Waals surface area contributed by atoms with Crippen LogP contribution in [0, 0.1) is 0 Å². The van der Waals surface area contributed by atoms with Crippen molar-refractivity contribution in [3.63, 3.8) is 0 Å². The third-order valence-electron chi connectivity index (χ3n) is 3.60. The molecule has 1 aromatic rings. The summed E-state index contributed by atoms with van der Waals surface area (Å²) in [6, 6.07) is 7.17. The second-order valence-electron chi connectivity index (χ2n) is 5.22. The zero-order valence-electron chi connectivity index (χ0n) is 14.1. The number of nitrogens with zero attached hydrogens (tertiary/aromatic N) is 2. The van der Waals surface area contributed by atoms with Crippen LogP contribution in [0.1, 0.15) is 19.8 Å². The smallest absolute Gasteiger partial charge is 0.232 e. The first-order chi connectivity index (χ1) is 11.7. The topological polar surface area (TPSA) is 80.2 Å². The van der Waals surface area contributed by atoms with Crippen LogP contribution in [-0.4, -0.2) is 56.0 Å². The van der Waals surface area contributed by atoms with E-state index in [9.17, 15) is 9.59 Å². The molecule has 1 aliphatic heterocycles. The van der Waals surface area contributed by atoms with Gasteiger partial charge in [0.05, 0.1) is 32.4 Å². The minimum absolute atomic E-state index is 0.0233. The highest BCUT2D eigenvalue weighted by Gasteiger charge is 2.24. The van der Waals surface area contributed by atoms with Crippen LogP contribution < -0.4 is 10.1 Å². The Morgan fingerprint density at radius 3 is 2.92 bits per heavy atom. The summed E-state index contributed by atoms with van der Waals surface area (Å²) in [7, 11) is 1.55. The number of hydrogen-bond donors (Lipinski definition) is 1. The lowest BCUT2D eigenvalue weighted by Crippen LogP contribution is -2.43. The quantitative estimate of drug-likeness (QED) is 0.734. The molecule has 0 unspecified atom stereocenters. The molecular weight excluding hydrogens is 310 g/mol. The zero-order valence-corrected chi connectivity index (χ0v) is 14.1. The monoisotopic (exact) mass is 333 g/mol. The fourth-order valence-electron chi connectivity index (χ4n) is 2.44. The number of amidine groups is 1. The lowest BCUT2D eigenvalue weighted by molar-refractivity contribution is -0.128. The third-order valence-corrected chi connectivity index (χ3v) is 3.60. The van der Waals surface area contributed by atoms with Crippen molar-refractivity contribution in [2.75, 3.05) is 38.7 Å². The summed E-state index contributed by atoms with van der Waals surface area (Å²) in [4.78, 5) is 30.3. The molecule has 130 valence electrons. The van der Waals surface area contributed by atoms with Crippen molar-refractivity contribution in [1.29, 1.82) is 0 Å². The van der Waals surface area contributed by atoms with E-state index in [2.05, 4.69) is 10.3 Å². The Balaban J connectivity index is 2.00. The van der Waals surface area contributed by atoms with Gasteiger partial charge in [-0.1, -0.05) is 12.1 Å². The summed E-state index contributed by atoms with van der Waals surface area (Å²) in [5.74, 6) is 0.804. The first-order valence-corrected chi connectivity index (χ1v) is 8.00. The Morgan fingerprint density at radius 1 is 1.38 bits per heavy atom. The van der Waals surface area contributed by atoms with Gasteiger partial charge in [-0.2, -0.15) is 0 Å². The predicted molar refractivity (Wildman–Crippen MR) is 91.4 cm³/mol. The highest BCUT2D eigenvalue weighted by atomic mass is 16.5. The highest BCUT2D eigenvalue weighted by molar-refractivity contribution is 6.11. The molecule has 2 rings (SSSR count). The van der Waals surface area contributed by atoms with Crippen LogP contribution in [0.25, 0.3) is 0 Å². The minimum atomic E-state index is -0.241. The van der Waals surface area contributed by atoms with Crippen LogP contribution in [0.2, 0.25) is 0 Å². The molecule has 0 saturated carbocycles. The van der Waals surface area contributed by atoms with Crippen molar-refractivity contribution in [1.82, 2.24) is 4.90 Å². The van der Waals surface area contributed by atoms with Crippen molar-refractivity contribution in [3.05, 3.63) is 24.3 Å². The van der Waals surface area contributed by atoms with E-state index >= 15 is 0 Å². The fraction of sp³-hybridized carbons (Fsp3) is 0.471. The number of para-hydroxylation sites is 2. The molecule has 7 heteroatoms. The number of rotatable bonds is 8. The van der Waals surface area contributed by atoms with Crippen LogP contribution in [0.5, 0.6) is 5.75 Å².